The molecule has 1 aromatic heterocycles. The lowest BCUT2D eigenvalue weighted by molar-refractivity contribution is 0.0509. The number of nitrogens with zero attached hydrogens (tertiary/aromatic N) is 2. The molecule has 0 amide bonds. The lowest BCUT2D eigenvalue weighted by Crippen LogP contribution is -2.28. The van der Waals surface area contributed by atoms with Crippen molar-refractivity contribution in [2.45, 2.75) is 60.0 Å². The molecule has 0 unspecified atom stereocenters. The summed E-state index contributed by atoms with van der Waals surface area (Å²) in [6.45, 7) is 11.6. The highest BCUT2D eigenvalue weighted by Crippen LogP contribution is 2.17. The number of carbonyl (C=O) groups is 1. The summed E-state index contributed by atoms with van der Waals surface area (Å²) in [5, 5.41) is 4.33. The topological polar surface area (TPSA) is 44.1 Å². The number of aryl methyl sites for hydroxylation is 1. The Kier molecular flexibility index (Phi) is 3.96. The molecule has 0 radical (unpaired) electrons. The number of hydrogen-bond donors (Lipinski definition) is 0. The zero-order valence-electron chi connectivity index (χ0n) is 11.6. The fourth-order valence-electron chi connectivity index (χ4n) is 1.79. The van der Waals surface area contributed by atoms with Crippen LogP contribution >= 0.6 is 0 Å². The number of rotatable bonds is 2. The Morgan fingerprint density at radius 1 is 1.29 bits per heavy atom. The van der Waals surface area contributed by atoms with Gasteiger partial charge in [0.2, 0.25) is 0 Å². The van der Waals surface area contributed by atoms with Crippen LogP contribution in [-0.4, -0.2) is 21.5 Å². The number of hydrogen-bond acceptors (Lipinski definition) is 3. The first-order valence-electron chi connectivity index (χ1n) is 6.10. The van der Waals surface area contributed by atoms with Crippen molar-refractivity contribution >= 4 is 6.09 Å². The molecular weight excluding hydrogens is 216 g/mol. The molecule has 0 atom stereocenters. The van der Waals surface area contributed by atoms with Crippen LogP contribution in [0.1, 0.15) is 51.6 Å². The van der Waals surface area contributed by atoms with Crippen LogP contribution in [0, 0.1) is 6.92 Å². The molecule has 0 aromatic carbocycles. The maximum Gasteiger partial charge on any atom is 0.435 e. The van der Waals surface area contributed by atoms with Gasteiger partial charge in [-0.05, 0) is 46.1 Å². The second-order valence-electron chi connectivity index (χ2n) is 5.12. The molecule has 0 fully saturated rings. The van der Waals surface area contributed by atoms with E-state index < -0.39 is 11.7 Å². The third kappa shape index (κ3) is 3.08. The molecule has 0 aliphatic rings. The van der Waals surface area contributed by atoms with Crippen molar-refractivity contribution in [1.29, 1.82) is 0 Å². The van der Waals surface area contributed by atoms with E-state index in [-0.39, 0.29) is 0 Å². The molecule has 1 heterocycles. The van der Waals surface area contributed by atoms with Crippen LogP contribution in [0.2, 0.25) is 0 Å². The Morgan fingerprint density at radius 2 is 1.88 bits per heavy atom. The van der Waals surface area contributed by atoms with Crippen LogP contribution in [0.5, 0.6) is 0 Å². The number of carbonyl (C=O) groups excluding carboxylic acids is 1. The lowest BCUT2D eigenvalue weighted by Gasteiger charge is -2.19. The lowest BCUT2D eigenvalue weighted by atomic mass is 10.1. The maximum atomic E-state index is 12.0. The fourth-order valence-corrected chi connectivity index (χ4v) is 1.79. The van der Waals surface area contributed by atoms with Crippen molar-refractivity contribution in [2.24, 2.45) is 0 Å². The van der Waals surface area contributed by atoms with Gasteiger partial charge < -0.3 is 4.74 Å². The molecule has 1 aromatic rings. The highest BCUT2D eigenvalue weighted by atomic mass is 16.6. The molecule has 96 valence electrons. The molecule has 0 N–H and O–H groups in total. The Bertz CT molecular complexity index is 414. The van der Waals surface area contributed by atoms with E-state index in [1.54, 1.807) is 0 Å². The van der Waals surface area contributed by atoms with Crippen molar-refractivity contribution in [3.8, 4) is 0 Å². The number of ether oxygens (including phenoxy) is 1. The van der Waals surface area contributed by atoms with Crippen LogP contribution in [0.4, 0.5) is 4.79 Å². The second-order valence-corrected chi connectivity index (χ2v) is 5.12. The summed E-state index contributed by atoms with van der Waals surface area (Å²) in [6, 6.07) is 0. The quantitative estimate of drug-likeness (QED) is 0.795. The van der Waals surface area contributed by atoms with Gasteiger partial charge in [-0.1, -0.05) is 13.8 Å². The van der Waals surface area contributed by atoms with E-state index in [9.17, 15) is 4.79 Å². The second kappa shape index (κ2) is 4.90. The monoisotopic (exact) mass is 238 g/mol. The van der Waals surface area contributed by atoms with Gasteiger partial charge in [0.25, 0.3) is 0 Å². The van der Waals surface area contributed by atoms with Gasteiger partial charge in [0.15, 0.2) is 0 Å². The molecule has 0 aliphatic carbocycles. The Hall–Kier alpha value is -1.32. The first-order chi connectivity index (χ1) is 7.80. The average molecular weight is 238 g/mol. The van der Waals surface area contributed by atoms with E-state index in [1.165, 1.54) is 4.68 Å². The first kappa shape index (κ1) is 13.7. The van der Waals surface area contributed by atoms with Crippen molar-refractivity contribution in [3.63, 3.8) is 0 Å². The summed E-state index contributed by atoms with van der Waals surface area (Å²) in [7, 11) is 0. The van der Waals surface area contributed by atoms with Gasteiger partial charge in [-0.2, -0.15) is 9.78 Å². The maximum absolute atomic E-state index is 12.0. The van der Waals surface area contributed by atoms with Crippen LogP contribution in [0.15, 0.2) is 0 Å². The minimum absolute atomic E-state index is 0.392. The largest absolute Gasteiger partial charge is 0.442 e. The van der Waals surface area contributed by atoms with Gasteiger partial charge in [-0.3, -0.25) is 0 Å². The van der Waals surface area contributed by atoms with E-state index in [2.05, 4.69) is 5.10 Å². The molecule has 4 heteroatoms. The summed E-state index contributed by atoms with van der Waals surface area (Å²) in [5.74, 6) is 0. The SMILES string of the molecule is CCc1nn(C(=O)OC(C)(C)C)c(CC)c1C. The minimum atomic E-state index is -0.492. The average Bonchev–Trinajstić information content (AvgIpc) is 2.52. The van der Waals surface area contributed by atoms with Crippen LogP contribution in [0.3, 0.4) is 0 Å². The normalized spacial score (nSPS) is 11.6. The third-order valence-corrected chi connectivity index (χ3v) is 2.58. The molecule has 1 rings (SSSR count). The number of aromatic nitrogens is 2. The molecule has 0 aliphatic heterocycles. The first-order valence-corrected chi connectivity index (χ1v) is 6.10. The third-order valence-electron chi connectivity index (χ3n) is 2.58. The molecule has 0 spiro atoms. The molecule has 4 nitrogen and oxygen atoms in total. The van der Waals surface area contributed by atoms with Gasteiger partial charge in [0.05, 0.1) is 11.4 Å². The minimum Gasteiger partial charge on any atom is -0.442 e. The zero-order chi connectivity index (χ0) is 13.2. The van der Waals surface area contributed by atoms with Crippen LogP contribution in [0.25, 0.3) is 0 Å². The summed E-state index contributed by atoms with van der Waals surface area (Å²) >= 11 is 0. The van der Waals surface area contributed by atoms with E-state index in [4.69, 9.17) is 4.74 Å². The van der Waals surface area contributed by atoms with E-state index in [0.717, 1.165) is 29.8 Å². The summed E-state index contributed by atoms with van der Waals surface area (Å²) < 4.78 is 6.74. The van der Waals surface area contributed by atoms with Gasteiger partial charge in [-0.15, -0.1) is 0 Å². The van der Waals surface area contributed by atoms with E-state index in [1.807, 2.05) is 41.5 Å². The molecule has 0 saturated heterocycles. The van der Waals surface area contributed by atoms with Gasteiger partial charge >= 0.3 is 6.09 Å². The summed E-state index contributed by atoms with van der Waals surface area (Å²) in [4.78, 5) is 12.0. The molecular formula is C13H22N2O2. The smallest absolute Gasteiger partial charge is 0.435 e. The Labute approximate surface area is 103 Å². The van der Waals surface area contributed by atoms with Crippen molar-refractivity contribution < 1.29 is 9.53 Å². The predicted octanol–water partition coefficient (Wildman–Crippen LogP) is 3.10. The predicted molar refractivity (Wildman–Crippen MR) is 67.4 cm³/mol. The fraction of sp³-hybridized carbons (Fsp3) is 0.692. The van der Waals surface area contributed by atoms with Crippen LogP contribution in [-0.2, 0) is 17.6 Å². The highest BCUT2D eigenvalue weighted by Gasteiger charge is 2.22. The van der Waals surface area contributed by atoms with Gasteiger partial charge in [0, 0.05) is 0 Å². The molecule has 17 heavy (non-hydrogen) atoms. The van der Waals surface area contributed by atoms with Crippen molar-refractivity contribution in [3.05, 3.63) is 17.0 Å². The molecule has 0 saturated carbocycles. The van der Waals surface area contributed by atoms with Crippen LogP contribution < -0.4 is 0 Å². The van der Waals surface area contributed by atoms with Crippen molar-refractivity contribution in [1.82, 2.24) is 9.78 Å². The van der Waals surface area contributed by atoms with Gasteiger partial charge in [0.1, 0.15) is 5.60 Å². The Balaban J connectivity index is 3.09. The summed E-state index contributed by atoms with van der Waals surface area (Å²) in [5.41, 5.74) is 2.51. The van der Waals surface area contributed by atoms with Gasteiger partial charge in [-0.25, -0.2) is 4.79 Å². The zero-order valence-corrected chi connectivity index (χ0v) is 11.6. The highest BCUT2D eigenvalue weighted by molar-refractivity contribution is 5.71. The van der Waals surface area contributed by atoms with E-state index >= 15 is 0 Å². The van der Waals surface area contributed by atoms with E-state index in [0.29, 0.717) is 0 Å². The molecule has 0 bridgehead atoms. The Morgan fingerprint density at radius 3 is 2.29 bits per heavy atom. The summed E-state index contributed by atoms with van der Waals surface area (Å²) in [6.07, 6.45) is 1.21. The standard InChI is InChI=1S/C13H22N2O2/c1-7-10-9(3)11(8-2)15(14-10)12(16)17-13(4,5)6/h7-8H2,1-6H3. The van der Waals surface area contributed by atoms with Crippen molar-refractivity contribution in [2.75, 3.05) is 0 Å².